The van der Waals surface area contributed by atoms with Crippen LogP contribution in [0.1, 0.15) is 16.1 Å². The number of ether oxygens (including phenoxy) is 1. The van der Waals surface area contributed by atoms with Crippen LogP contribution in [0.5, 0.6) is 5.75 Å². The maximum atomic E-state index is 12.6. The number of alkyl halides is 6. The van der Waals surface area contributed by atoms with Gasteiger partial charge in [-0.1, -0.05) is 12.1 Å². The van der Waals surface area contributed by atoms with E-state index < -0.39 is 42.2 Å². The fraction of sp³-hybridized carbons (Fsp3) is 0.190. The van der Waals surface area contributed by atoms with E-state index in [-0.39, 0.29) is 17.6 Å². The number of fused-ring (bicyclic) bond motifs is 1. The van der Waals surface area contributed by atoms with Crippen molar-refractivity contribution in [2.45, 2.75) is 25.0 Å². The van der Waals surface area contributed by atoms with Gasteiger partial charge in [0.25, 0.3) is 5.91 Å². The summed E-state index contributed by atoms with van der Waals surface area (Å²) in [5, 5.41) is 16.6. The molecule has 0 spiro atoms. The fourth-order valence-corrected chi connectivity index (χ4v) is 3.00. The van der Waals surface area contributed by atoms with Crippen LogP contribution >= 0.6 is 0 Å². The molecule has 194 valence electrons. The van der Waals surface area contributed by atoms with E-state index in [1.54, 1.807) is 24.3 Å². The van der Waals surface area contributed by atoms with Crippen LogP contribution in [0.3, 0.4) is 0 Å². The van der Waals surface area contributed by atoms with Crippen LogP contribution < -0.4 is 16.2 Å². The van der Waals surface area contributed by atoms with E-state index in [0.717, 1.165) is 12.1 Å². The molecule has 1 aromatic heterocycles. The predicted molar refractivity (Wildman–Crippen MR) is 111 cm³/mol. The minimum atomic E-state index is -5.08. The second-order valence-electron chi connectivity index (χ2n) is 7.12. The number of benzene rings is 2. The lowest BCUT2D eigenvalue weighted by Gasteiger charge is -2.13. The highest BCUT2D eigenvalue weighted by Crippen LogP contribution is 2.31. The van der Waals surface area contributed by atoms with Crippen LogP contribution in [0.25, 0.3) is 16.6 Å². The smallest absolute Gasteiger partial charge is 0.480 e. The number of rotatable bonds is 6. The highest BCUT2D eigenvalue weighted by Gasteiger charge is 2.38. The molecule has 15 heteroatoms. The fourth-order valence-electron chi connectivity index (χ4n) is 3.00. The molecule has 0 saturated carbocycles. The molecule has 0 aliphatic rings. The summed E-state index contributed by atoms with van der Waals surface area (Å²) in [6.45, 7) is 0. The van der Waals surface area contributed by atoms with Crippen molar-refractivity contribution in [1.82, 2.24) is 4.57 Å². The van der Waals surface area contributed by atoms with Gasteiger partial charge in [-0.2, -0.15) is 13.2 Å². The number of carbonyl (C=O) groups excluding carboxylic acids is 1. The van der Waals surface area contributed by atoms with Crippen LogP contribution in [0.2, 0.25) is 0 Å². The van der Waals surface area contributed by atoms with Crippen LogP contribution in [0.15, 0.2) is 48.5 Å². The number of aliphatic carboxylic acids is 2. The van der Waals surface area contributed by atoms with Crippen LogP contribution in [0.4, 0.5) is 26.3 Å². The number of carboxylic acids is 2. The number of nitrogens with two attached hydrogens (primary N) is 2. The quantitative estimate of drug-likeness (QED) is 0.363. The number of carbonyl (C=O) groups is 3. The van der Waals surface area contributed by atoms with Gasteiger partial charge >= 0.3 is 24.5 Å². The number of amides is 1. The van der Waals surface area contributed by atoms with E-state index in [2.05, 4.69) is 4.74 Å². The topological polar surface area (TPSA) is 158 Å². The zero-order valence-corrected chi connectivity index (χ0v) is 17.8. The predicted octanol–water partition coefficient (Wildman–Crippen LogP) is 3.22. The van der Waals surface area contributed by atoms with E-state index >= 15 is 0 Å². The largest absolute Gasteiger partial charge is 0.573 e. The normalized spacial score (nSPS) is 12.4. The molecule has 2 aromatic carbocycles. The Hall–Kier alpha value is -4.27. The van der Waals surface area contributed by atoms with Gasteiger partial charge in [0.05, 0.1) is 5.52 Å². The molecule has 0 bridgehead atoms. The number of nitrogens with zero attached hydrogens (tertiary/aromatic N) is 1. The second-order valence-corrected chi connectivity index (χ2v) is 7.12. The summed E-state index contributed by atoms with van der Waals surface area (Å²) in [4.78, 5) is 31.8. The molecule has 1 atom stereocenters. The second kappa shape index (κ2) is 10.6. The summed E-state index contributed by atoms with van der Waals surface area (Å²) in [6, 6.07) is 10.4. The molecule has 3 rings (SSSR count). The van der Waals surface area contributed by atoms with Crippen LogP contribution in [0, 0.1) is 0 Å². The first kappa shape index (κ1) is 28.0. The van der Waals surface area contributed by atoms with Gasteiger partial charge in [-0.15, -0.1) is 13.2 Å². The van der Waals surface area contributed by atoms with E-state index in [1.807, 2.05) is 0 Å². The summed E-state index contributed by atoms with van der Waals surface area (Å²) >= 11 is 0. The Morgan fingerprint density at radius 2 is 1.58 bits per heavy atom. The van der Waals surface area contributed by atoms with Crippen molar-refractivity contribution in [3.8, 4) is 11.4 Å². The molecular weight excluding hydrogens is 504 g/mol. The van der Waals surface area contributed by atoms with Crippen molar-refractivity contribution < 1.29 is 55.7 Å². The Bertz CT molecular complexity index is 1290. The minimum absolute atomic E-state index is 0.0245. The zero-order valence-electron chi connectivity index (χ0n) is 17.8. The third-order valence-electron chi connectivity index (χ3n) is 4.45. The van der Waals surface area contributed by atoms with Gasteiger partial charge in [0.2, 0.25) is 0 Å². The van der Waals surface area contributed by atoms with E-state index in [0.29, 0.717) is 16.6 Å². The molecule has 1 amide bonds. The molecule has 0 saturated heterocycles. The van der Waals surface area contributed by atoms with Crippen molar-refractivity contribution in [1.29, 1.82) is 0 Å². The number of carboxylic acid groups (broad SMARTS) is 2. The van der Waals surface area contributed by atoms with Gasteiger partial charge in [-0.3, -0.25) is 9.59 Å². The SMILES string of the molecule is NC(=O)c1cc2ccc(OC(F)(F)F)cc2n1-c1cccc(C[C@@H](N)C(=O)O)c1.O=C(O)C(F)(F)F. The molecule has 6 N–H and O–H groups in total. The summed E-state index contributed by atoms with van der Waals surface area (Å²) in [5.74, 6) is -5.17. The average Bonchev–Trinajstić information content (AvgIpc) is 3.11. The van der Waals surface area contributed by atoms with Gasteiger partial charge in [0, 0.05) is 17.1 Å². The summed E-state index contributed by atoms with van der Waals surface area (Å²) in [5.41, 5.74) is 12.3. The molecule has 0 unspecified atom stereocenters. The summed E-state index contributed by atoms with van der Waals surface area (Å²) in [7, 11) is 0. The maximum Gasteiger partial charge on any atom is 0.573 e. The van der Waals surface area contributed by atoms with E-state index in [9.17, 15) is 35.9 Å². The Morgan fingerprint density at radius 1 is 0.972 bits per heavy atom. The molecule has 1 heterocycles. The van der Waals surface area contributed by atoms with Crippen molar-refractivity contribution in [3.63, 3.8) is 0 Å². The van der Waals surface area contributed by atoms with Crippen molar-refractivity contribution in [2.75, 3.05) is 0 Å². The third-order valence-corrected chi connectivity index (χ3v) is 4.45. The Morgan fingerprint density at radius 3 is 2.08 bits per heavy atom. The van der Waals surface area contributed by atoms with E-state index in [1.165, 1.54) is 16.7 Å². The van der Waals surface area contributed by atoms with Gasteiger partial charge in [0.1, 0.15) is 17.5 Å². The van der Waals surface area contributed by atoms with Crippen molar-refractivity contribution >= 4 is 28.7 Å². The summed E-state index contributed by atoms with van der Waals surface area (Å²) < 4.78 is 74.8. The molecule has 0 aliphatic heterocycles. The highest BCUT2D eigenvalue weighted by atomic mass is 19.4. The molecular formula is C21H17F6N3O6. The first-order valence-corrected chi connectivity index (χ1v) is 9.58. The number of aromatic nitrogens is 1. The minimum Gasteiger partial charge on any atom is -0.480 e. The molecule has 0 radical (unpaired) electrons. The molecule has 36 heavy (non-hydrogen) atoms. The maximum absolute atomic E-state index is 12.6. The Labute approximate surface area is 197 Å². The third kappa shape index (κ3) is 7.36. The molecule has 3 aromatic rings. The lowest BCUT2D eigenvalue weighted by atomic mass is 10.1. The number of halogens is 6. The Balaban J connectivity index is 0.000000572. The summed E-state index contributed by atoms with van der Waals surface area (Å²) in [6.07, 6.45) is -9.93. The number of hydrogen-bond acceptors (Lipinski definition) is 5. The van der Waals surface area contributed by atoms with Gasteiger partial charge in [-0.05, 0) is 42.3 Å². The molecule has 9 nitrogen and oxygen atoms in total. The first-order valence-electron chi connectivity index (χ1n) is 9.58. The van der Waals surface area contributed by atoms with Crippen molar-refractivity contribution in [2.24, 2.45) is 11.5 Å². The van der Waals surface area contributed by atoms with Crippen LogP contribution in [-0.4, -0.2) is 51.2 Å². The van der Waals surface area contributed by atoms with E-state index in [4.69, 9.17) is 26.5 Å². The average molecular weight is 521 g/mol. The lowest BCUT2D eigenvalue weighted by Crippen LogP contribution is -2.32. The highest BCUT2D eigenvalue weighted by molar-refractivity contribution is 5.99. The monoisotopic (exact) mass is 521 g/mol. The zero-order chi connectivity index (χ0) is 27.4. The molecule has 0 aliphatic carbocycles. The number of primary amides is 1. The lowest BCUT2D eigenvalue weighted by molar-refractivity contribution is -0.274. The van der Waals surface area contributed by atoms with Gasteiger partial charge in [0.15, 0.2) is 0 Å². The standard InChI is InChI=1S/C19H16F3N3O4.C2HF3O2/c20-19(21,22)29-13-5-4-11-8-16(17(24)26)25(15(11)9-13)12-3-1-2-10(6-12)7-14(23)18(27)28;3-2(4,5)1(6)7/h1-6,8-9,14H,7,23H2,(H2,24,26)(H,27,28);(H,6,7)/t14-;/m1./s1. The van der Waals surface area contributed by atoms with Crippen LogP contribution in [-0.2, 0) is 16.0 Å². The Kier molecular flexibility index (Phi) is 8.20. The van der Waals surface area contributed by atoms with Gasteiger partial charge in [-0.25, -0.2) is 4.79 Å². The molecule has 0 fully saturated rings. The first-order chi connectivity index (χ1) is 16.5. The number of hydrogen-bond donors (Lipinski definition) is 4. The van der Waals surface area contributed by atoms with Crippen molar-refractivity contribution in [3.05, 3.63) is 59.8 Å². The van der Waals surface area contributed by atoms with Gasteiger partial charge < -0.3 is 31.0 Å².